The average molecular weight is 344 g/mol. The normalized spacial score (nSPS) is 11.1. The highest BCUT2D eigenvalue weighted by molar-refractivity contribution is 6.31. The molecule has 3 rings (SSSR count). The summed E-state index contributed by atoms with van der Waals surface area (Å²) in [6.45, 7) is 2.10. The molecule has 0 spiro atoms. The second-order valence-electron chi connectivity index (χ2n) is 5.08. The SMILES string of the molecule is CCc1ccc(-n2nnnc2/C=C/Nc2ccc(F)c(Cl)c2)cc1. The van der Waals surface area contributed by atoms with Gasteiger partial charge in [-0.15, -0.1) is 5.10 Å². The molecular formula is C17H15ClFN5. The molecule has 3 aromatic rings. The lowest BCUT2D eigenvalue weighted by Gasteiger charge is -2.04. The minimum atomic E-state index is -0.453. The van der Waals surface area contributed by atoms with E-state index < -0.39 is 5.82 Å². The van der Waals surface area contributed by atoms with Crippen molar-refractivity contribution in [2.24, 2.45) is 0 Å². The molecule has 0 bridgehead atoms. The fraction of sp³-hybridized carbons (Fsp3) is 0.118. The van der Waals surface area contributed by atoms with Gasteiger partial charge in [0, 0.05) is 18.0 Å². The number of anilines is 1. The van der Waals surface area contributed by atoms with Crippen LogP contribution in [0.25, 0.3) is 11.8 Å². The Labute approximate surface area is 143 Å². The molecule has 5 nitrogen and oxygen atoms in total. The molecule has 2 aromatic carbocycles. The molecule has 0 saturated heterocycles. The first-order valence-corrected chi connectivity index (χ1v) is 7.81. The van der Waals surface area contributed by atoms with E-state index >= 15 is 0 Å². The maximum absolute atomic E-state index is 13.1. The minimum absolute atomic E-state index is 0.0641. The van der Waals surface area contributed by atoms with Crippen molar-refractivity contribution in [1.82, 2.24) is 20.2 Å². The fourth-order valence-corrected chi connectivity index (χ4v) is 2.33. The maximum atomic E-state index is 13.1. The van der Waals surface area contributed by atoms with Gasteiger partial charge in [-0.25, -0.2) is 4.39 Å². The van der Waals surface area contributed by atoms with Crippen molar-refractivity contribution in [3.63, 3.8) is 0 Å². The van der Waals surface area contributed by atoms with Crippen molar-refractivity contribution >= 4 is 23.4 Å². The van der Waals surface area contributed by atoms with E-state index in [9.17, 15) is 4.39 Å². The Morgan fingerprint density at radius 2 is 2.00 bits per heavy atom. The van der Waals surface area contributed by atoms with Crippen LogP contribution in [0.1, 0.15) is 18.3 Å². The molecule has 1 aromatic heterocycles. The highest BCUT2D eigenvalue weighted by Gasteiger charge is 2.05. The fourth-order valence-electron chi connectivity index (χ4n) is 2.15. The highest BCUT2D eigenvalue weighted by atomic mass is 35.5. The van der Waals surface area contributed by atoms with Crippen LogP contribution in [0.5, 0.6) is 0 Å². The summed E-state index contributed by atoms with van der Waals surface area (Å²) in [5.74, 6) is 0.116. The highest BCUT2D eigenvalue weighted by Crippen LogP contribution is 2.19. The van der Waals surface area contributed by atoms with E-state index in [4.69, 9.17) is 11.6 Å². The van der Waals surface area contributed by atoms with Crippen molar-refractivity contribution in [3.8, 4) is 5.69 Å². The summed E-state index contributed by atoms with van der Waals surface area (Å²) in [4.78, 5) is 0. The average Bonchev–Trinajstić information content (AvgIpc) is 3.06. The van der Waals surface area contributed by atoms with Crippen molar-refractivity contribution in [3.05, 3.63) is 70.9 Å². The molecule has 0 saturated carbocycles. The van der Waals surface area contributed by atoms with Gasteiger partial charge in [0.2, 0.25) is 0 Å². The standard InChI is InChI=1S/C17H15ClFN5/c1-2-12-3-6-14(7-4-12)24-17(21-22-23-24)9-10-20-13-5-8-16(19)15(18)11-13/h3-11,20H,2H2,1H3/b10-9+. The molecule has 0 aliphatic carbocycles. The van der Waals surface area contributed by atoms with Crippen molar-refractivity contribution in [1.29, 1.82) is 0 Å². The number of rotatable bonds is 5. The van der Waals surface area contributed by atoms with Crippen LogP contribution in [0.4, 0.5) is 10.1 Å². The number of hydrogen-bond donors (Lipinski definition) is 1. The van der Waals surface area contributed by atoms with Crippen LogP contribution >= 0.6 is 11.6 Å². The van der Waals surface area contributed by atoms with Gasteiger partial charge in [0.25, 0.3) is 0 Å². The van der Waals surface area contributed by atoms with E-state index in [0.29, 0.717) is 11.5 Å². The van der Waals surface area contributed by atoms with Gasteiger partial charge in [-0.2, -0.15) is 4.68 Å². The van der Waals surface area contributed by atoms with Gasteiger partial charge in [-0.3, -0.25) is 0 Å². The van der Waals surface area contributed by atoms with E-state index in [1.54, 1.807) is 23.0 Å². The third kappa shape index (κ3) is 3.60. The summed E-state index contributed by atoms with van der Waals surface area (Å²) >= 11 is 5.75. The van der Waals surface area contributed by atoms with E-state index in [2.05, 4.69) is 27.8 Å². The molecule has 1 N–H and O–H groups in total. The lowest BCUT2D eigenvalue weighted by molar-refractivity contribution is 0.628. The number of nitrogens with zero attached hydrogens (tertiary/aromatic N) is 4. The van der Waals surface area contributed by atoms with Crippen LogP contribution in [0.2, 0.25) is 5.02 Å². The quantitative estimate of drug-likeness (QED) is 0.757. The van der Waals surface area contributed by atoms with E-state index in [1.807, 2.05) is 24.3 Å². The largest absolute Gasteiger partial charge is 0.362 e. The van der Waals surface area contributed by atoms with Crippen LogP contribution in [0.15, 0.2) is 48.7 Å². The van der Waals surface area contributed by atoms with E-state index in [-0.39, 0.29) is 5.02 Å². The minimum Gasteiger partial charge on any atom is -0.362 e. The zero-order valence-electron chi connectivity index (χ0n) is 12.9. The molecule has 7 heteroatoms. The number of aryl methyl sites for hydroxylation is 1. The van der Waals surface area contributed by atoms with Gasteiger partial charge in [-0.1, -0.05) is 30.7 Å². The molecule has 0 atom stereocenters. The molecule has 0 aliphatic rings. The Kier molecular flexibility index (Phi) is 4.86. The van der Waals surface area contributed by atoms with Gasteiger partial charge in [0.15, 0.2) is 5.82 Å². The van der Waals surface area contributed by atoms with Gasteiger partial charge >= 0.3 is 0 Å². The van der Waals surface area contributed by atoms with Crippen LogP contribution in [0.3, 0.4) is 0 Å². The lowest BCUT2D eigenvalue weighted by atomic mass is 10.1. The topological polar surface area (TPSA) is 55.6 Å². The second kappa shape index (κ2) is 7.23. The summed E-state index contributed by atoms with van der Waals surface area (Å²) in [7, 11) is 0. The summed E-state index contributed by atoms with van der Waals surface area (Å²) in [5, 5.41) is 14.8. The van der Waals surface area contributed by atoms with Crippen LogP contribution in [-0.2, 0) is 6.42 Å². The number of tetrazole rings is 1. The molecular weight excluding hydrogens is 329 g/mol. The van der Waals surface area contributed by atoms with Crippen LogP contribution in [-0.4, -0.2) is 20.2 Å². The van der Waals surface area contributed by atoms with Crippen LogP contribution < -0.4 is 5.32 Å². The van der Waals surface area contributed by atoms with Crippen LogP contribution in [0, 0.1) is 5.82 Å². The van der Waals surface area contributed by atoms with Gasteiger partial charge in [0.05, 0.1) is 10.7 Å². The van der Waals surface area contributed by atoms with Gasteiger partial charge in [0.1, 0.15) is 5.82 Å². The third-order valence-electron chi connectivity index (χ3n) is 3.48. The van der Waals surface area contributed by atoms with E-state index in [1.165, 1.54) is 17.7 Å². The molecule has 122 valence electrons. The Balaban J connectivity index is 1.76. The van der Waals surface area contributed by atoms with Crippen molar-refractivity contribution < 1.29 is 4.39 Å². The summed E-state index contributed by atoms with van der Waals surface area (Å²) < 4.78 is 14.8. The van der Waals surface area contributed by atoms with Gasteiger partial charge in [-0.05, 0) is 52.7 Å². The number of hydrogen-bond acceptors (Lipinski definition) is 4. The number of halogens is 2. The predicted molar refractivity (Wildman–Crippen MR) is 92.6 cm³/mol. The first-order valence-electron chi connectivity index (χ1n) is 7.43. The molecule has 0 amide bonds. The smallest absolute Gasteiger partial charge is 0.181 e. The molecule has 0 aliphatic heterocycles. The maximum Gasteiger partial charge on any atom is 0.181 e. The third-order valence-corrected chi connectivity index (χ3v) is 3.77. The second-order valence-corrected chi connectivity index (χ2v) is 5.48. The molecule has 0 fully saturated rings. The van der Waals surface area contributed by atoms with Crippen molar-refractivity contribution in [2.75, 3.05) is 5.32 Å². The number of benzene rings is 2. The summed E-state index contributed by atoms with van der Waals surface area (Å²) in [6.07, 6.45) is 4.38. The molecule has 24 heavy (non-hydrogen) atoms. The van der Waals surface area contributed by atoms with Gasteiger partial charge < -0.3 is 5.32 Å². The summed E-state index contributed by atoms with van der Waals surface area (Å²) in [5.41, 5.74) is 2.80. The Bertz CT molecular complexity index is 858. The number of nitrogens with one attached hydrogen (secondary N) is 1. The molecule has 0 unspecified atom stereocenters. The van der Waals surface area contributed by atoms with Crippen molar-refractivity contribution in [2.45, 2.75) is 13.3 Å². The zero-order chi connectivity index (χ0) is 16.9. The monoisotopic (exact) mass is 343 g/mol. The Hall–Kier alpha value is -2.73. The first-order chi connectivity index (χ1) is 11.7. The first kappa shape index (κ1) is 16.1. The summed E-state index contributed by atoms with van der Waals surface area (Å²) in [6, 6.07) is 12.4. The van der Waals surface area contributed by atoms with E-state index in [0.717, 1.165) is 12.1 Å². The molecule has 0 radical (unpaired) electrons. The predicted octanol–water partition coefficient (Wildman–Crippen LogP) is 4.10. The Morgan fingerprint density at radius 3 is 2.71 bits per heavy atom. The lowest BCUT2D eigenvalue weighted by Crippen LogP contribution is -2.00. The zero-order valence-corrected chi connectivity index (χ0v) is 13.7. The molecule has 1 heterocycles. The number of aromatic nitrogens is 4. The Morgan fingerprint density at radius 1 is 1.21 bits per heavy atom.